The number of carbonyl (C=O) groups excluding carboxylic acids is 2. The zero-order valence-electron chi connectivity index (χ0n) is 11.9. The summed E-state index contributed by atoms with van der Waals surface area (Å²) in [5.74, 6) is -0.307. The third-order valence-corrected chi connectivity index (χ3v) is 3.67. The van der Waals surface area contributed by atoms with Crippen LogP contribution in [0.2, 0.25) is 0 Å². The van der Waals surface area contributed by atoms with Gasteiger partial charge in [-0.3, -0.25) is 19.0 Å². The number of nitrogens with zero attached hydrogens (tertiary/aromatic N) is 5. The highest BCUT2D eigenvalue weighted by molar-refractivity contribution is 5.93. The van der Waals surface area contributed by atoms with Crippen LogP contribution in [-0.2, 0) is 18.4 Å². The maximum Gasteiger partial charge on any atom is 0.272 e. The second-order valence-corrected chi connectivity index (χ2v) is 4.92. The fourth-order valence-electron chi connectivity index (χ4n) is 2.55. The summed E-state index contributed by atoms with van der Waals surface area (Å²) in [6, 6.07) is 2.98. The Labute approximate surface area is 121 Å². The molecular weight excluding hydrogens is 272 g/mol. The third-order valence-electron chi connectivity index (χ3n) is 3.67. The highest BCUT2D eigenvalue weighted by Crippen LogP contribution is 2.22. The Morgan fingerprint density at radius 1 is 1.29 bits per heavy atom. The minimum Gasteiger partial charge on any atom is -0.357 e. The number of likely N-dealkylation sites (N-methyl/N-ethyl adjacent to an activating group) is 1. The molecule has 0 radical (unpaired) electrons. The van der Waals surface area contributed by atoms with E-state index in [2.05, 4.69) is 15.5 Å². The van der Waals surface area contributed by atoms with Crippen LogP contribution in [-0.4, -0.2) is 49.9 Å². The van der Waals surface area contributed by atoms with Gasteiger partial charge in [-0.15, -0.1) is 0 Å². The molecule has 0 saturated heterocycles. The van der Waals surface area contributed by atoms with E-state index in [1.807, 2.05) is 6.07 Å². The number of amides is 2. The molecule has 1 atom stereocenters. The van der Waals surface area contributed by atoms with Crippen molar-refractivity contribution >= 4 is 11.8 Å². The molecule has 110 valence electrons. The third kappa shape index (κ3) is 2.18. The Kier molecular flexibility index (Phi) is 3.20. The zero-order valence-corrected chi connectivity index (χ0v) is 11.9. The van der Waals surface area contributed by atoms with E-state index in [1.165, 1.54) is 4.68 Å². The smallest absolute Gasteiger partial charge is 0.272 e. The highest BCUT2D eigenvalue weighted by Gasteiger charge is 2.33. The van der Waals surface area contributed by atoms with Crippen molar-refractivity contribution in [2.24, 2.45) is 7.05 Å². The zero-order chi connectivity index (χ0) is 15.0. The standard InChI is InChI=1S/C13H16N6O2/c1-14-12(20)11-8-18(7-9-3-5-16-19(9)11)13(21)10-4-6-15-17(10)2/h3-6,11H,7-8H2,1-2H3,(H,14,20)/t11-/m1/s1. The molecule has 0 bridgehead atoms. The fraction of sp³-hybridized carbons (Fsp3) is 0.385. The first-order valence-corrected chi connectivity index (χ1v) is 6.63. The first-order chi connectivity index (χ1) is 10.1. The van der Waals surface area contributed by atoms with E-state index >= 15 is 0 Å². The van der Waals surface area contributed by atoms with Crippen LogP contribution in [0, 0.1) is 0 Å². The number of aromatic nitrogens is 4. The molecule has 2 aromatic heterocycles. The van der Waals surface area contributed by atoms with Gasteiger partial charge in [0.1, 0.15) is 11.7 Å². The monoisotopic (exact) mass is 288 g/mol. The van der Waals surface area contributed by atoms with Crippen LogP contribution in [0.4, 0.5) is 0 Å². The highest BCUT2D eigenvalue weighted by atomic mass is 16.2. The van der Waals surface area contributed by atoms with Crippen molar-refractivity contribution in [1.82, 2.24) is 29.8 Å². The van der Waals surface area contributed by atoms with Crippen molar-refractivity contribution < 1.29 is 9.59 Å². The molecule has 3 heterocycles. The number of carbonyl (C=O) groups is 2. The minimum atomic E-state index is -0.508. The Morgan fingerprint density at radius 2 is 2.05 bits per heavy atom. The van der Waals surface area contributed by atoms with Crippen LogP contribution in [0.1, 0.15) is 22.2 Å². The number of rotatable bonds is 2. The summed E-state index contributed by atoms with van der Waals surface area (Å²) in [7, 11) is 3.30. The molecule has 0 spiro atoms. The molecule has 0 aromatic carbocycles. The summed E-state index contributed by atoms with van der Waals surface area (Å²) in [6.45, 7) is 0.718. The molecule has 1 aliphatic heterocycles. The van der Waals surface area contributed by atoms with Gasteiger partial charge in [0.05, 0.1) is 18.8 Å². The molecule has 21 heavy (non-hydrogen) atoms. The Morgan fingerprint density at radius 3 is 2.71 bits per heavy atom. The van der Waals surface area contributed by atoms with Crippen molar-refractivity contribution in [3.8, 4) is 0 Å². The largest absolute Gasteiger partial charge is 0.357 e. The summed E-state index contributed by atoms with van der Waals surface area (Å²) in [4.78, 5) is 26.2. The summed E-state index contributed by atoms with van der Waals surface area (Å²) < 4.78 is 3.20. The molecule has 1 N–H and O–H groups in total. The molecular formula is C13H16N6O2. The van der Waals surface area contributed by atoms with E-state index in [1.54, 1.807) is 42.1 Å². The molecule has 0 fully saturated rings. The van der Waals surface area contributed by atoms with Gasteiger partial charge in [0.25, 0.3) is 5.91 Å². The summed E-state index contributed by atoms with van der Waals surface area (Å²) in [5, 5.41) is 10.8. The molecule has 3 rings (SSSR count). The lowest BCUT2D eigenvalue weighted by Crippen LogP contribution is -2.46. The Hall–Kier alpha value is -2.64. The minimum absolute atomic E-state index is 0.142. The molecule has 0 unspecified atom stereocenters. The van der Waals surface area contributed by atoms with Gasteiger partial charge in [0.15, 0.2) is 0 Å². The maximum absolute atomic E-state index is 12.6. The lowest BCUT2D eigenvalue weighted by atomic mass is 10.1. The van der Waals surface area contributed by atoms with Gasteiger partial charge >= 0.3 is 0 Å². The predicted molar refractivity (Wildman–Crippen MR) is 73.3 cm³/mol. The van der Waals surface area contributed by atoms with E-state index in [0.29, 0.717) is 18.8 Å². The average molecular weight is 288 g/mol. The normalized spacial score (nSPS) is 17.4. The van der Waals surface area contributed by atoms with Crippen molar-refractivity contribution in [2.45, 2.75) is 12.6 Å². The van der Waals surface area contributed by atoms with Crippen molar-refractivity contribution in [2.75, 3.05) is 13.6 Å². The summed E-state index contributed by atoms with van der Waals surface area (Å²) in [6.07, 6.45) is 3.22. The number of hydrogen-bond acceptors (Lipinski definition) is 4. The van der Waals surface area contributed by atoms with Crippen LogP contribution >= 0.6 is 0 Å². The van der Waals surface area contributed by atoms with Crippen molar-refractivity contribution in [3.05, 3.63) is 35.9 Å². The number of nitrogens with one attached hydrogen (secondary N) is 1. The van der Waals surface area contributed by atoms with Crippen molar-refractivity contribution in [3.63, 3.8) is 0 Å². The van der Waals surface area contributed by atoms with Crippen molar-refractivity contribution in [1.29, 1.82) is 0 Å². The van der Waals surface area contributed by atoms with E-state index in [4.69, 9.17) is 0 Å². The van der Waals surface area contributed by atoms with Crippen LogP contribution < -0.4 is 5.32 Å². The Balaban J connectivity index is 1.91. The topological polar surface area (TPSA) is 85.1 Å². The predicted octanol–water partition coefficient (Wildman–Crippen LogP) is -0.440. The molecule has 2 amide bonds. The second-order valence-electron chi connectivity index (χ2n) is 4.92. The second kappa shape index (κ2) is 5.04. The number of aryl methyl sites for hydroxylation is 1. The first-order valence-electron chi connectivity index (χ1n) is 6.63. The quantitative estimate of drug-likeness (QED) is 0.812. The molecule has 1 aliphatic rings. The SMILES string of the molecule is CNC(=O)[C@H]1CN(C(=O)c2ccnn2C)Cc2ccnn21. The van der Waals surface area contributed by atoms with E-state index in [0.717, 1.165) is 5.69 Å². The van der Waals surface area contributed by atoms with Gasteiger partial charge in [0, 0.05) is 26.5 Å². The van der Waals surface area contributed by atoms with Crippen LogP contribution in [0.3, 0.4) is 0 Å². The Bertz CT molecular complexity index is 688. The molecule has 0 saturated carbocycles. The molecule has 8 heteroatoms. The van der Waals surface area contributed by atoms with Crippen LogP contribution in [0.15, 0.2) is 24.5 Å². The van der Waals surface area contributed by atoms with E-state index in [-0.39, 0.29) is 11.8 Å². The van der Waals surface area contributed by atoms with E-state index in [9.17, 15) is 9.59 Å². The molecule has 2 aromatic rings. The lowest BCUT2D eigenvalue weighted by molar-refractivity contribution is -0.125. The van der Waals surface area contributed by atoms with Gasteiger partial charge in [-0.2, -0.15) is 10.2 Å². The maximum atomic E-state index is 12.6. The van der Waals surface area contributed by atoms with Gasteiger partial charge in [-0.25, -0.2) is 0 Å². The molecule has 8 nitrogen and oxygen atoms in total. The summed E-state index contributed by atoms with van der Waals surface area (Å²) >= 11 is 0. The number of fused-ring (bicyclic) bond motifs is 1. The fourth-order valence-corrected chi connectivity index (χ4v) is 2.55. The van der Waals surface area contributed by atoms with Gasteiger partial charge in [-0.05, 0) is 12.1 Å². The van der Waals surface area contributed by atoms with Gasteiger partial charge in [-0.1, -0.05) is 0 Å². The first kappa shape index (κ1) is 13.3. The van der Waals surface area contributed by atoms with Gasteiger partial charge in [0.2, 0.25) is 5.91 Å². The average Bonchev–Trinajstić information content (AvgIpc) is 3.12. The van der Waals surface area contributed by atoms with Crippen LogP contribution in [0.25, 0.3) is 0 Å². The summed E-state index contributed by atoms with van der Waals surface area (Å²) in [5.41, 5.74) is 1.34. The van der Waals surface area contributed by atoms with Crippen LogP contribution in [0.5, 0.6) is 0 Å². The van der Waals surface area contributed by atoms with E-state index < -0.39 is 6.04 Å². The molecule has 0 aliphatic carbocycles. The lowest BCUT2D eigenvalue weighted by Gasteiger charge is -2.32. The number of hydrogen-bond donors (Lipinski definition) is 1. The van der Waals surface area contributed by atoms with Gasteiger partial charge < -0.3 is 10.2 Å².